The van der Waals surface area contributed by atoms with Gasteiger partial charge in [0.1, 0.15) is 17.0 Å². The third-order valence-electron chi connectivity index (χ3n) is 4.28. The molecule has 3 aromatic rings. The summed E-state index contributed by atoms with van der Waals surface area (Å²) in [6.07, 6.45) is 1.06. The molecular formula is C18H18N2O2S. The van der Waals surface area contributed by atoms with E-state index in [1.54, 1.807) is 25.6 Å². The molecule has 0 aliphatic carbocycles. The van der Waals surface area contributed by atoms with Gasteiger partial charge in [0.25, 0.3) is 0 Å². The van der Waals surface area contributed by atoms with Gasteiger partial charge in [-0.1, -0.05) is 35.6 Å². The number of methoxy groups -OCH3 is 2. The fraction of sp³-hybridized carbons (Fsp3) is 0.278. The van der Waals surface area contributed by atoms with Gasteiger partial charge in [-0.2, -0.15) is 0 Å². The second kappa shape index (κ2) is 5.74. The SMILES string of the molecule is COc1cc(OC)c2nc(N3CCc4ccccc4C3)sc2c1. The van der Waals surface area contributed by atoms with Crippen LogP contribution in [0.1, 0.15) is 11.1 Å². The Morgan fingerprint density at radius 1 is 1.09 bits per heavy atom. The summed E-state index contributed by atoms with van der Waals surface area (Å²) >= 11 is 1.69. The lowest BCUT2D eigenvalue weighted by Gasteiger charge is -2.28. The Balaban J connectivity index is 1.73. The lowest BCUT2D eigenvalue weighted by atomic mass is 10.0. The van der Waals surface area contributed by atoms with Crippen molar-refractivity contribution in [2.45, 2.75) is 13.0 Å². The predicted octanol–water partition coefficient (Wildman–Crippen LogP) is 3.88. The number of anilines is 1. The average Bonchev–Trinajstić information content (AvgIpc) is 3.04. The average molecular weight is 326 g/mol. The number of fused-ring (bicyclic) bond motifs is 2. The van der Waals surface area contributed by atoms with Gasteiger partial charge in [-0.25, -0.2) is 4.98 Å². The Bertz CT molecular complexity index is 859. The van der Waals surface area contributed by atoms with Crippen LogP contribution in [0.25, 0.3) is 10.2 Å². The second-order valence-corrected chi connectivity index (χ2v) is 6.62. The molecule has 4 nitrogen and oxygen atoms in total. The molecule has 2 aromatic carbocycles. The smallest absolute Gasteiger partial charge is 0.186 e. The molecule has 0 bridgehead atoms. The van der Waals surface area contributed by atoms with E-state index in [1.807, 2.05) is 12.1 Å². The van der Waals surface area contributed by atoms with Gasteiger partial charge in [0.2, 0.25) is 0 Å². The molecule has 5 heteroatoms. The highest BCUT2D eigenvalue weighted by Crippen LogP contribution is 2.38. The standard InChI is InChI=1S/C18H18N2O2S/c1-21-14-9-15(22-2)17-16(10-14)23-18(19-17)20-8-7-12-5-3-4-6-13(12)11-20/h3-6,9-10H,7-8,11H2,1-2H3. The Kier molecular flexibility index (Phi) is 3.58. The van der Waals surface area contributed by atoms with Crippen molar-refractivity contribution >= 4 is 26.7 Å². The molecule has 0 N–H and O–H groups in total. The lowest BCUT2D eigenvalue weighted by molar-refractivity contribution is 0.397. The van der Waals surface area contributed by atoms with E-state index in [4.69, 9.17) is 14.5 Å². The maximum atomic E-state index is 5.47. The highest BCUT2D eigenvalue weighted by molar-refractivity contribution is 7.22. The van der Waals surface area contributed by atoms with E-state index in [2.05, 4.69) is 29.2 Å². The minimum absolute atomic E-state index is 0.763. The molecule has 0 saturated carbocycles. The monoisotopic (exact) mass is 326 g/mol. The summed E-state index contributed by atoms with van der Waals surface area (Å²) in [5.41, 5.74) is 3.75. The summed E-state index contributed by atoms with van der Waals surface area (Å²) in [6, 6.07) is 12.6. The van der Waals surface area contributed by atoms with Gasteiger partial charge in [-0.3, -0.25) is 0 Å². The molecule has 0 atom stereocenters. The van der Waals surface area contributed by atoms with E-state index >= 15 is 0 Å². The number of aromatic nitrogens is 1. The van der Waals surface area contributed by atoms with E-state index < -0.39 is 0 Å². The van der Waals surface area contributed by atoms with Gasteiger partial charge in [0.15, 0.2) is 5.13 Å². The predicted molar refractivity (Wildman–Crippen MR) is 93.9 cm³/mol. The van der Waals surface area contributed by atoms with E-state index in [0.29, 0.717) is 0 Å². The first kappa shape index (κ1) is 14.3. The highest BCUT2D eigenvalue weighted by Gasteiger charge is 2.20. The number of hydrogen-bond acceptors (Lipinski definition) is 5. The van der Waals surface area contributed by atoms with Crippen LogP contribution < -0.4 is 14.4 Å². The number of rotatable bonds is 3. The van der Waals surface area contributed by atoms with Crippen LogP contribution in [0, 0.1) is 0 Å². The number of thiazole rings is 1. The summed E-state index contributed by atoms with van der Waals surface area (Å²) in [6.45, 7) is 1.91. The molecule has 0 saturated heterocycles. The fourth-order valence-electron chi connectivity index (χ4n) is 3.03. The summed E-state index contributed by atoms with van der Waals surface area (Å²) in [5.74, 6) is 1.56. The van der Waals surface area contributed by atoms with Crippen molar-refractivity contribution in [2.75, 3.05) is 25.7 Å². The zero-order valence-corrected chi connectivity index (χ0v) is 14.0. The number of ether oxygens (including phenoxy) is 2. The summed E-state index contributed by atoms with van der Waals surface area (Å²) < 4.78 is 11.9. The summed E-state index contributed by atoms with van der Waals surface area (Å²) in [4.78, 5) is 7.17. The van der Waals surface area contributed by atoms with Crippen molar-refractivity contribution in [1.82, 2.24) is 4.98 Å². The van der Waals surface area contributed by atoms with Gasteiger partial charge in [0.05, 0.1) is 18.9 Å². The lowest BCUT2D eigenvalue weighted by Crippen LogP contribution is -2.30. The van der Waals surface area contributed by atoms with Crippen LogP contribution in [0.4, 0.5) is 5.13 Å². The van der Waals surface area contributed by atoms with Crippen LogP contribution in [-0.2, 0) is 13.0 Å². The van der Waals surface area contributed by atoms with Crippen LogP contribution >= 0.6 is 11.3 Å². The van der Waals surface area contributed by atoms with E-state index in [-0.39, 0.29) is 0 Å². The Morgan fingerprint density at radius 3 is 2.70 bits per heavy atom. The molecule has 1 aliphatic heterocycles. The van der Waals surface area contributed by atoms with Crippen LogP contribution in [0.15, 0.2) is 36.4 Å². The van der Waals surface area contributed by atoms with Gasteiger partial charge >= 0.3 is 0 Å². The molecule has 2 heterocycles. The largest absolute Gasteiger partial charge is 0.497 e. The first-order chi connectivity index (χ1) is 11.3. The quantitative estimate of drug-likeness (QED) is 0.732. The van der Waals surface area contributed by atoms with Gasteiger partial charge in [0, 0.05) is 19.2 Å². The molecule has 0 unspecified atom stereocenters. The minimum atomic E-state index is 0.763. The van der Waals surface area contributed by atoms with Crippen molar-refractivity contribution < 1.29 is 9.47 Å². The van der Waals surface area contributed by atoms with Gasteiger partial charge < -0.3 is 14.4 Å². The highest BCUT2D eigenvalue weighted by atomic mass is 32.1. The van der Waals surface area contributed by atoms with Crippen LogP contribution in [0.5, 0.6) is 11.5 Å². The zero-order chi connectivity index (χ0) is 15.8. The van der Waals surface area contributed by atoms with Gasteiger partial charge in [-0.15, -0.1) is 0 Å². The Morgan fingerprint density at radius 2 is 1.91 bits per heavy atom. The van der Waals surface area contributed by atoms with Crippen LogP contribution in [0.2, 0.25) is 0 Å². The van der Waals surface area contributed by atoms with Crippen molar-refractivity contribution in [1.29, 1.82) is 0 Å². The van der Waals surface area contributed by atoms with E-state index in [1.165, 1.54) is 11.1 Å². The first-order valence-corrected chi connectivity index (χ1v) is 8.44. The normalized spacial score (nSPS) is 13.9. The van der Waals surface area contributed by atoms with E-state index in [9.17, 15) is 0 Å². The van der Waals surface area contributed by atoms with E-state index in [0.717, 1.165) is 46.4 Å². The first-order valence-electron chi connectivity index (χ1n) is 7.63. The number of benzene rings is 2. The zero-order valence-electron chi connectivity index (χ0n) is 13.2. The fourth-order valence-corrected chi connectivity index (χ4v) is 4.07. The second-order valence-electron chi connectivity index (χ2n) is 5.61. The molecule has 0 amide bonds. The molecule has 1 aliphatic rings. The molecule has 1 aromatic heterocycles. The number of hydrogen-bond donors (Lipinski definition) is 0. The van der Waals surface area contributed by atoms with Crippen molar-refractivity contribution in [3.05, 3.63) is 47.5 Å². The maximum absolute atomic E-state index is 5.47. The topological polar surface area (TPSA) is 34.6 Å². The molecular weight excluding hydrogens is 308 g/mol. The Labute approximate surface area is 139 Å². The van der Waals surface area contributed by atoms with Crippen molar-refractivity contribution in [3.8, 4) is 11.5 Å². The van der Waals surface area contributed by atoms with Gasteiger partial charge in [-0.05, 0) is 23.6 Å². The van der Waals surface area contributed by atoms with Crippen LogP contribution in [-0.4, -0.2) is 25.7 Å². The molecule has 4 rings (SSSR count). The molecule has 0 spiro atoms. The summed E-state index contributed by atoms with van der Waals surface area (Å²) in [7, 11) is 3.34. The molecule has 118 valence electrons. The number of nitrogens with zero attached hydrogens (tertiary/aromatic N) is 2. The van der Waals surface area contributed by atoms with Crippen molar-refractivity contribution in [3.63, 3.8) is 0 Å². The minimum Gasteiger partial charge on any atom is -0.497 e. The van der Waals surface area contributed by atoms with Crippen molar-refractivity contribution in [2.24, 2.45) is 0 Å². The molecule has 0 radical (unpaired) electrons. The van der Waals surface area contributed by atoms with Crippen LogP contribution in [0.3, 0.4) is 0 Å². The molecule has 23 heavy (non-hydrogen) atoms. The summed E-state index contributed by atoms with van der Waals surface area (Å²) in [5, 5.41) is 1.04. The Hall–Kier alpha value is -2.27. The third kappa shape index (κ3) is 2.51. The molecule has 0 fully saturated rings. The maximum Gasteiger partial charge on any atom is 0.186 e. The third-order valence-corrected chi connectivity index (χ3v) is 5.34.